The fraction of sp³-hybridized carbons (Fsp3) is 0.176. The summed E-state index contributed by atoms with van der Waals surface area (Å²) in [5, 5.41) is 0. The summed E-state index contributed by atoms with van der Waals surface area (Å²) in [7, 11) is -10.7. The van der Waals surface area contributed by atoms with Gasteiger partial charge in [-0.3, -0.25) is 0 Å². The molecule has 8 heteroatoms. The van der Waals surface area contributed by atoms with E-state index >= 15 is 0 Å². The van der Waals surface area contributed by atoms with Gasteiger partial charge in [0.05, 0.1) is 0 Å². The Morgan fingerprint density at radius 1 is 0.880 bits per heavy atom. The number of rotatable bonds is 2. The van der Waals surface area contributed by atoms with Crippen LogP contribution in [0.3, 0.4) is 0 Å². The van der Waals surface area contributed by atoms with Crippen molar-refractivity contribution < 1.29 is 26.6 Å². The molecule has 2 aromatic rings. The molecule has 1 unspecified atom stereocenters. The smallest absolute Gasteiger partial charge is 1.00 e. The molecule has 1 heterocycles. The van der Waals surface area contributed by atoms with Gasteiger partial charge in [0.15, 0.2) is 0 Å². The maximum atomic E-state index is 9.87. The minimum Gasteiger partial charge on any atom is 1.00 e. The average molecular weight is 381 g/mol. The number of anilines is 1. The van der Waals surface area contributed by atoms with Gasteiger partial charge in [0, 0.05) is 18.3 Å². The van der Waals surface area contributed by atoms with Gasteiger partial charge in [0.25, 0.3) is 0 Å². The Balaban J connectivity index is 0.000000366. The summed E-state index contributed by atoms with van der Waals surface area (Å²) in [4.78, 5) is 2.45. The zero-order valence-electron chi connectivity index (χ0n) is 14.3. The molecule has 1 aliphatic rings. The molecule has 138 valence electrons. The summed E-state index contributed by atoms with van der Waals surface area (Å²) < 4.78 is 59.2. The molecule has 0 aliphatic carbocycles. The molecule has 0 amide bonds. The first kappa shape index (κ1) is 19.3. The predicted molar refractivity (Wildman–Crippen MR) is 92.2 cm³/mol. The van der Waals surface area contributed by atoms with E-state index in [0.29, 0.717) is 6.04 Å². The van der Waals surface area contributed by atoms with Crippen molar-refractivity contribution in [3.8, 4) is 0 Å². The first-order valence-corrected chi connectivity index (χ1v) is 9.46. The van der Waals surface area contributed by atoms with Crippen molar-refractivity contribution in [2.45, 2.75) is 19.5 Å². The molecule has 0 spiro atoms. The largest absolute Gasteiger partial charge is 1.00 e. The van der Waals surface area contributed by atoms with Crippen molar-refractivity contribution in [1.82, 2.24) is 0 Å². The van der Waals surface area contributed by atoms with Crippen LogP contribution < -0.4 is 4.90 Å². The second kappa shape index (κ2) is 6.06. The van der Waals surface area contributed by atoms with Gasteiger partial charge < -0.3 is 4.90 Å². The molecule has 0 radical (unpaired) electrons. The molecule has 0 bridgehead atoms. The number of halogens is 6. The number of nitrogens with zero attached hydrogens (tertiary/aromatic N) is 1. The summed E-state index contributed by atoms with van der Waals surface area (Å²) in [5.41, 5.74) is 4.00. The van der Waals surface area contributed by atoms with Crippen molar-refractivity contribution in [3.05, 3.63) is 71.8 Å². The molecule has 1 atom stereocenters. The molecule has 0 N–H and O–H groups in total. The maximum absolute atomic E-state index is 10.7. The van der Waals surface area contributed by atoms with Crippen molar-refractivity contribution >= 4 is 19.6 Å². The molecule has 25 heavy (non-hydrogen) atoms. The summed E-state index contributed by atoms with van der Waals surface area (Å²) >= 11 is 0. The Morgan fingerprint density at radius 2 is 1.40 bits per heavy atom. The molecule has 0 aromatic heterocycles. The van der Waals surface area contributed by atoms with E-state index in [1.165, 1.54) is 16.8 Å². The fourth-order valence-corrected chi connectivity index (χ4v) is 2.47. The van der Waals surface area contributed by atoms with Gasteiger partial charge >= 0.3 is 34.4 Å². The number of benzene rings is 2. The first-order chi connectivity index (χ1) is 11.3. The number of hydrogen-bond acceptors (Lipinski definition) is 1. The van der Waals surface area contributed by atoms with E-state index in [0.717, 1.165) is 6.54 Å². The Hall–Kier alpha value is -2.01. The fourth-order valence-electron chi connectivity index (χ4n) is 2.47. The molecule has 1 nitrogen and oxygen atoms in total. The van der Waals surface area contributed by atoms with Crippen LogP contribution in [0.4, 0.5) is 30.9 Å². The van der Waals surface area contributed by atoms with Crippen LogP contribution in [0.15, 0.2) is 60.7 Å². The third kappa shape index (κ3) is 7.61. The third-order valence-corrected chi connectivity index (χ3v) is 3.49. The average Bonchev–Trinajstić information content (AvgIpc) is 2.48. The van der Waals surface area contributed by atoms with Crippen LogP contribution in [0.1, 0.15) is 19.5 Å². The van der Waals surface area contributed by atoms with Crippen molar-refractivity contribution in [3.63, 3.8) is 0 Å². The van der Waals surface area contributed by atoms with Gasteiger partial charge in [-0.25, -0.2) is 0 Å². The molecule has 3 rings (SSSR count). The summed E-state index contributed by atoms with van der Waals surface area (Å²) in [5.74, 6) is 0. The molecule has 1 aliphatic heterocycles. The summed E-state index contributed by atoms with van der Waals surface area (Å²) in [6.07, 6.45) is 4.49. The van der Waals surface area contributed by atoms with E-state index in [9.17, 15) is 25.2 Å². The van der Waals surface area contributed by atoms with Crippen LogP contribution in [0.2, 0.25) is 0 Å². The number of para-hydroxylation sites is 1. The second-order valence-corrected chi connectivity index (χ2v) is 7.65. The SMILES string of the molecule is CC1C=Cc2ccccc2N1Cc1ccccc1.F[P-](F)(F)(F)(F)F.[H+]. The Kier molecular flexibility index (Phi) is 4.68. The van der Waals surface area contributed by atoms with E-state index in [4.69, 9.17) is 0 Å². The predicted octanol–water partition coefficient (Wildman–Crippen LogP) is 7.60. The second-order valence-electron chi connectivity index (χ2n) is 5.73. The third-order valence-electron chi connectivity index (χ3n) is 3.49. The van der Waals surface area contributed by atoms with Gasteiger partial charge in [-0.05, 0) is 24.1 Å². The number of hydrogen-bond donors (Lipinski definition) is 0. The molecular formula is C17H18F6NP. The van der Waals surface area contributed by atoms with Crippen LogP contribution in [0.5, 0.6) is 0 Å². The molecular weight excluding hydrogens is 363 g/mol. The Bertz CT molecular complexity index is 750. The molecule has 0 saturated heterocycles. The zero-order chi connectivity index (χ0) is 18.8. The van der Waals surface area contributed by atoms with Crippen molar-refractivity contribution in [2.24, 2.45) is 0 Å². The van der Waals surface area contributed by atoms with Gasteiger partial charge in [0.2, 0.25) is 0 Å². The minimum atomic E-state index is -10.7. The van der Waals surface area contributed by atoms with Crippen molar-refractivity contribution in [2.75, 3.05) is 4.90 Å². The van der Waals surface area contributed by atoms with E-state index in [-0.39, 0.29) is 1.43 Å². The molecule has 2 aromatic carbocycles. The van der Waals surface area contributed by atoms with Gasteiger partial charge in [-0.2, -0.15) is 0 Å². The number of fused-ring (bicyclic) bond motifs is 1. The topological polar surface area (TPSA) is 3.24 Å². The monoisotopic (exact) mass is 381 g/mol. The minimum absolute atomic E-state index is 0. The molecule has 0 saturated carbocycles. The van der Waals surface area contributed by atoms with Crippen LogP contribution in [0.25, 0.3) is 6.08 Å². The van der Waals surface area contributed by atoms with Crippen LogP contribution in [-0.4, -0.2) is 6.04 Å². The van der Waals surface area contributed by atoms with E-state index in [1.807, 2.05) is 0 Å². The van der Waals surface area contributed by atoms with Crippen LogP contribution >= 0.6 is 7.81 Å². The van der Waals surface area contributed by atoms with Gasteiger partial charge in [-0.15, -0.1) is 0 Å². The van der Waals surface area contributed by atoms with Crippen LogP contribution in [-0.2, 0) is 6.54 Å². The summed E-state index contributed by atoms with van der Waals surface area (Å²) in [6, 6.07) is 19.7. The maximum Gasteiger partial charge on any atom is 1.00 e. The Labute approximate surface area is 143 Å². The van der Waals surface area contributed by atoms with E-state index in [2.05, 4.69) is 78.6 Å². The first-order valence-electron chi connectivity index (χ1n) is 7.44. The van der Waals surface area contributed by atoms with Gasteiger partial charge in [0.1, 0.15) is 0 Å². The van der Waals surface area contributed by atoms with E-state index in [1.54, 1.807) is 0 Å². The Morgan fingerprint density at radius 3 is 2.00 bits per heavy atom. The standard InChI is InChI=1S/C17H17N.F6P/c1-14-11-12-16-9-5-6-10-17(16)18(14)13-15-7-3-2-4-8-15;1-7(2,3,4,5)6/h2-12,14H,13H2,1H3;/q;-1/p+1. The summed E-state index contributed by atoms with van der Waals surface area (Å²) in [6.45, 7) is 3.21. The normalized spacial score (nSPS) is 19.2. The van der Waals surface area contributed by atoms with Crippen molar-refractivity contribution in [1.29, 1.82) is 0 Å². The quantitative estimate of drug-likeness (QED) is 0.382. The van der Waals surface area contributed by atoms with Gasteiger partial charge in [-0.1, -0.05) is 60.7 Å². The molecule has 0 fully saturated rings. The zero-order valence-corrected chi connectivity index (χ0v) is 14.2. The van der Waals surface area contributed by atoms with Crippen LogP contribution in [0, 0.1) is 0 Å². The van der Waals surface area contributed by atoms with E-state index < -0.39 is 7.81 Å².